The van der Waals surface area contributed by atoms with Crippen LogP contribution >= 0.6 is 11.3 Å². The molecule has 0 fully saturated rings. The van der Waals surface area contributed by atoms with Crippen molar-refractivity contribution in [2.24, 2.45) is 0 Å². The summed E-state index contributed by atoms with van der Waals surface area (Å²) in [6, 6.07) is 81.0. The normalized spacial score (nSPS) is 11.6. The topological polar surface area (TPSA) is 16.4 Å². The molecule has 2 nitrogen and oxygen atoms in total. The largest absolute Gasteiger partial charge is 0.455 e. The lowest BCUT2D eigenvalue weighted by Gasteiger charge is -2.26. The zero-order chi connectivity index (χ0) is 40.3. The average Bonchev–Trinajstić information content (AvgIpc) is 3.92. The number of thiophene rings is 1. The molecular formula is C58H37NOS. The quantitative estimate of drug-likeness (QED) is 0.160. The fourth-order valence-electron chi connectivity index (χ4n) is 9.13. The Kier molecular flexibility index (Phi) is 8.39. The van der Waals surface area contributed by atoms with Gasteiger partial charge < -0.3 is 9.32 Å². The molecule has 0 amide bonds. The molecule has 0 aliphatic rings. The minimum atomic E-state index is 0.899. The van der Waals surface area contributed by atoms with Crippen molar-refractivity contribution in [2.45, 2.75) is 0 Å². The Morgan fingerprint density at radius 3 is 1.46 bits per heavy atom. The van der Waals surface area contributed by atoms with Crippen molar-refractivity contribution in [1.82, 2.24) is 0 Å². The van der Waals surface area contributed by atoms with Crippen LogP contribution in [0.4, 0.5) is 17.1 Å². The van der Waals surface area contributed by atoms with Gasteiger partial charge in [-0.25, -0.2) is 0 Å². The molecule has 0 unspecified atom stereocenters. The van der Waals surface area contributed by atoms with Crippen molar-refractivity contribution < 1.29 is 4.42 Å². The summed E-state index contributed by atoms with van der Waals surface area (Å²) >= 11 is 1.86. The Morgan fingerprint density at radius 2 is 0.803 bits per heavy atom. The number of benzene rings is 10. The first-order valence-electron chi connectivity index (χ1n) is 20.7. The van der Waals surface area contributed by atoms with Gasteiger partial charge in [0.1, 0.15) is 11.2 Å². The molecule has 0 aliphatic carbocycles. The van der Waals surface area contributed by atoms with E-state index in [0.717, 1.165) is 55.5 Å². The van der Waals surface area contributed by atoms with Gasteiger partial charge in [-0.15, -0.1) is 11.3 Å². The Hall–Kier alpha value is -7.72. The van der Waals surface area contributed by atoms with Crippen molar-refractivity contribution >= 4 is 81.3 Å². The Morgan fingerprint density at radius 1 is 0.311 bits per heavy atom. The van der Waals surface area contributed by atoms with E-state index in [0.29, 0.717) is 0 Å². The summed E-state index contributed by atoms with van der Waals surface area (Å²) in [6.45, 7) is 0. The van der Waals surface area contributed by atoms with Gasteiger partial charge in [0.15, 0.2) is 0 Å². The van der Waals surface area contributed by atoms with Crippen LogP contribution in [0.1, 0.15) is 0 Å². The first-order valence-corrected chi connectivity index (χ1v) is 21.6. The van der Waals surface area contributed by atoms with Crippen molar-refractivity contribution in [3.8, 4) is 44.5 Å². The maximum absolute atomic E-state index is 6.55. The van der Waals surface area contributed by atoms with E-state index in [1.807, 2.05) is 11.3 Å². The molecular weight excluding hydrogens is 759 g/mol. The maximum Gasteiger partial charge on any atom is 0.143 e. The Bertz CT molecular complexity index is 3550. The summed E-state index contributed by atoms with van der Waals surface area (Å²) in [4.78, 5) is 2.36. The van der Waals surface area contributed by atoms with E-state index >= 15 is 0 Å². The van der Waals surface area contributed by atoms with Crippen LogP contribution in [0.15, 0.2) is 229 Å². The second-order valence-corrected chi connectivity index (χ2v) is 16.7. The number of hydrogen-bond acceptors (Lipinski definition) is 3. The zero-order valence-electron chi connectivity index (χ0n) is 33.1. The van der Waals surface area contributed by atoms with Gasteiger partial charge >= 0.3 is 0 Å². The van der Waals surface area contributed by atoms with Crippen LogP contribution in [0.5, 0.6) is 0 Å². The van der Waals surface area contributed by atoms with Gasteiger partial charge in [-0.05, 0) is 111 Å². The van der Waals surface area contributed by atoms with E-state index in [1.165, 1.54) is 58.9 Å². The summed E-state index contributed by atoms with van der Waals surface area (Å²) in [5.41, 5.74) is 14.7. The number of nitrogens with zero attached hydrogens (tertiary/aromatic N) is 1. The van der Waals surface area contributed by atoms with Gasteiger partial charge in [-0.3, -0.25) is 0 Å². The van der Waals surface area contributed by atoms with Gasteiger partial charge in [-0.1, -0.05) is 164 Å². The monoisotopic (exact) mass is 795 g/mol. The van der Waals surface area contributed by atoms with Gasteiger partial charge in [-0.2, -0.15) is 0 Å². The molecule has 10 aromatic carbocycles. The van der Waals surface area contributed by atoms with Crippen LogP contribution in [0.2, 0.25) is 0 Å². The summed E-state index contributed by atoms with van der Waals surface area (Å²) in [5.74, 6) is 0. The fraction of sp³-hybridized carbons (Fsp3) is 0. The first-order chi connectivity index (χ1) is 30.2. The van der Waals surface area contributed by atoms with Crippen molar-refractivity contribution in [3.05, 3.63) is 224 Å². The number of fused-ring (bicyclic) bond motifs is 8. The SMILES string of the molecule is c1ccc(-c2ccc(-c3ccc(N(c4ccc(-c5cccc6oc7c8ccccc8ccc7c56)cc4)c4ccc(-c5cccc6sc7ccccc7c56)cc4)cc3)cc2)cc1. The molecule has 61 heavy (non-hydrogen) atoms. The molecule has 2 heterocycles. The van der Waals surface area contributed by atoms with Crippen LogP contribution in [0, 0.1) is 0 Å². The fourth-order valence-corrected chi connectivity index (χ4v) is 10.3. The second kappa shape index (κ2) is 14.5. The van der Waals surface area contributed by atoms with E-state index in [-0.39, 0.29) is 0 Å². The molecule has 2 aromatic heterocycles. The molecule has 0 spiro atoms. The third kappa shape index (κ3) is 6.09. The van der Waals surface area contributed by atoms with E-state index in [1.54, 1.807) is 0 Å². The van der Waals surface area contributed by atoms with Crippen molar-refractivity contribution in [2.75, 3.05) is 4.90 Å². The highest BCUT2D eigenvalue weighted by atomic mass is 32.1. The Labute approximate surface area is 357 Å². The lowest BCUT2D eigenvalue weighted by atomic mass is 9.97. The van der Waals surface area contributed by atoms with Crippen LogP contribution in [0.3, 0.4) is 0 Å². The lowest BCUT2D eigenvalue weighted by molar-refractivity contribution is 0.673. The minimum Gasteiger partial charge on any atom is -0.455 e. The summed E-state index contributed by atoms with van der Waals surface area (Å²) in [5, 5.41) is 7.23. The van der Waals surface area contributed by atoms with Gasteiger partial charge in [0.2, 0.25) is 0 Å². The highest BCUT2D eigenvalue weighted by Gasteiger charge is 2.18. The predicted molar refractivity (Wildman–Crippen MR) is 261 cm³/mol. The second-order valence-electron chi connectivity index (χ2n) is 15.6. The zero-order valence-corrected chi connectivity index (χ0v) is 33.9. The molecule has 12 rings (SSSR count). The van der Waals surface area contributed by atoms with E-state index in [4.69, 9.17) is 4.42 Å². The highest BCUT2D eigenvalue weighted by Crippen LogP contribution is 2.44. The number of hydrogen-bond donors (Lipinski definition) is 0. The summed E-state index contributed by atoms with van der Waals surface area (Å²) in [7, 11) is 0. The standard InChI is InChI=1S/C58H37NOS/c1-2-10-38(11-3-1)39-20-22-40(23-21-39)41-24-31-45(32-25-41)59(47-35-28-44(29-36-47)49-16-9-19-55-57(49)51-14-6-7-18-54(51)61-55)46-33-26-43(27-34-46)48-15-8-17-53-56(48)52-37-30-42-12-4-5-13-50(42)58(52)60-53/h1-37H. The van der Waals surface area contributed by atoms with E-state index in [2.05, 4.69) is 229 Å². The van der Waals surface area contributed by atoms with Crippen molar-refractivity contribution in [3.63, 3.8) is 0 Å². The number of rotatable bonds is 7. The first kappa shape index (κ1) is 35.2. The average molecular weight is 796 g/mol. The predicted octanol–water partition coefficient (Wildman–Crippen LogP) is 17.2. The molecule has 0 radical (unpaired) electrons. The highest BCUT2D eigenvalue weighted by molar-refractivity contribution is 7.25. The molecule has 3 heteroatoms. The molecule has 0 N–H and O–H groups in total. The molecule has 286 valence electrons. The lowest BCUT2D eigenvalue weighted by Crippen LogP contribution is -2.09. The van der Waals surface area contributed by atoms with E-state index < -0.39 is 0 Å². The molecule has 0 bridgehead atoms. The van der Waals surface area contributed by atoms with Crippen LogP contribution in [-0.2, 0) is 0 Å². The maximum atomic E-state index is 6.55. The third-order valence-electron chi connectivity index (χ3n) is 12.1. The molecule has 0 aliphatic heterocycles. The summed E-state index contributed by atoms with van der Waals surface area (Å²) in [6.07, 6.45) is 0. The van der Waals surface area contributed by atoms with Gasteiger partial charge in [0.25, 0.3) is 0 Å². The number of anilines is 3. The van der Waals surface area contributed by atoms with Crippen LogP contribution in [-0.4, -0.2) is 0 Å². The minimum absolute atomic E-state index is 0.899. The van der Waals surface area contributed by atoms with Crippen LogP contribution < -0.4 is 4.90 Å². The van der Waals surface area contributed by atoms with E-state index in [9.17, 15) is 0 Å². The van der Waals surface area contributed by atoms with Gasteiger partial charge in [0, 0.05) is 53.4 Å². The van der Waals surface area contributed by atoms with Crippen molar-refractivity contribution in [1.29, 1.82) is 0 Å². The number of furan rings is 1. The van der Waals surface area contributed by atoms with Gasteiger partial charge in [0.05, 0.1) is 0 Å². The Balaban J connectivity index is 0.937. The van der Waals surface area contributed by atoms with Crippen LogP contribution in [0.25, 0.3) is 97.4 Å². The third-order valence-corrected chi connectivity index (χ3v) is 13.2. The smallest absolute Gasteiger partial charge is 0.143 e. The molecule has 0 atom stereocenters. The summed E-state index contributed by atoms with van der Waals surface area (Å²) < 4.78 is 9.18. The molecule has 0 saturated heterocycles. The molecule has 12 aromatic rings. The molecule has 0 saturated carbocycles.